The van der Waals surface area contributed by atoms with Crippen LogP contribution in [0, 0.1) is 0 Å². The van der Waals surface area contributed by atoms with E-state index in [1.165, 1.54) is 5.56 Å². The number of benzene rings is 1. The lowest BCUT2D eigenvalue weighted by molar-refractivity contribution is 0.102. The Morgan fingerprint density at radius 1 is 1.29 bits per heavy atom. The minimum Gasteiger partial charge on any atom is -0.322 e. The van der Waals surface area contributed by atoms with Crippen molar-refractivity contribution in [1.82, 2.24) is 4.98 Å². The molecular formula is C15H17BrN4O. The third-order valence-corrected chi connectivity index (χ3v) is 3.50. The molecule has 5 nitrogen and oxygen atoms in total. The number of anilines is 2. The second kappa shape index (κ2) is 6.69. The molecule has 0 bridgehead atoms. The monoisotopic (exact) mass is 348 g/mol. The molecule has 1 aromatic carbocycles. The summed E-state index contributed by atoms with van der Waals surface area (Å²) in [6, 6.07) is 9.44. The Bertz CT molecular complexity index is 641. The van der Waals surface area contributed by atoms with Crippen molar-refractivity contribution in [3.8, 4) is 0 Å². The second-order valence-corrected chi connectivity index (χ2v) is 5.84. The molecule has 2 rings (SSSR count). The number of nitrogens with one attached hydrogen (secondary N) is 2. The Kier molecular flexibility index (Phi) is 4.93. The summed E-state index contributed by atoms with van der Waals surface area (Å²) in [6.45, 7) is 4.25. The van der Waals surface area contributed by atoms with Gasteiger partial charge in [0.05, 0.1) is 5.56 Å². The largest absolute Gasteiger partial charge is 0.322 e. The Labute approximate surface area is 132 Å². The van der Waals surface area contributed by atoms with Gasteiger partial charge in [-0.25, -0.2) is 10.8 Å². The van der Waals surface area contributed by atoms with E-state index in [0.717, 1.165) is 5.69 Å². The molecule has 1 heterocycles. The van der Waals surface area contributed by atoms with Crippen LogP contribution >= 0.6 is 15.9 Å². The molecule has 1 aromatic heterocycles. The number of nitrogen functional groups attached to an aromatic ring is 1. The van der Waals surface area contributed by atoms with E-state index in [1.54, 1.807) is 12.3 Å². The van der Waals surface area contributed by atoms with Crippen LogP contribution in [0.3, 0.4) is 0 Å². The van der Waals surface area contributed by atoms with Crippen LogP contribution < -0.4 is 16.6 Å². The number of aromatic nitrogens is 1. The highest BCUT2D eigenvalue weighted by molar-refractivity contribution is 9.10. The Balaban J connectivity index is 2.19. The SMILES string of the molecule is CC(C)c1ccc(NC(=O)c2cc(Br)cnc2NN)cc1. The van der Waals surface area contributed by atoms with Gasteiger partial charge in [0.25, 0.3) is 5.91 Å². The van der Waals surface area contributed by atoms with Crippen molar-refractivity contribution in [2.45, 2.75) is 19.8 Å². The average Bonchev–Trinajstić information content (AvgIpc) is 2.47. The molecule has 6 heteroatoms. The van der Waals surface area contributed by atoms with Gasteiger partial charge in [0.2, 0.25) is 0 Å². The fourth-order valence-electron chi connectivity index (χ4n) is 1.88. The number of hydrogen-bond acceptors (Lipinski definition) is 4. The molecule has 110 valence electrons. The van der Waals surface area contributed by atoms with E-state index in [-0.39, 0.29) is 5.91 Å². The third-order valence-electron chi connectivity index (χ3n) is 3.07. The molecule has 21 heavy (non-hydrogen) atoms. The summed E-state index contributed by atoms with van der Waals surface area (Å²) >= 11 is 3.29. The molecule has 0 saturated heterocycles. The zero-order valence-corrected chi connectivity index (χ0v) is 13.4. The van der Waals surface area contributed by atoms with Crippen molar-refractivity contribution >= 4 is 33.3 Å². The lowest BCUT2D eigenvalue weighted by Gasteiger charge is -2.10. The lowest BCUT2D eigenvalue weighted by Crippen LogP contribution is -2.18. The summed E-state index contributed by atoms with van der Waals surface area (Å²) in [6.07, 6.45) is 1.57. The van der Waals surface area contributed by atoms with Gasteiger partial charge in [0.1, 0.15) is 0 Å². The summed E-state index contributed by atoms with van der Waals surface area (Å²) in [5, 5.41) is 2.83. The van der Waals surface area contributed by atoms with Crippen LogP contribution in [0.5, 0.6) is 0 Å². The number of amides is 1. The van der Waals surface area contributed by atoms with Gasteiger partial charge in [-0.3, -0.25) is 4.79 Å². The highest BCUT2D eigenvalue weighted by Gasteiger charge is 2.13. The van der Waals surface area contributed by atoms with Crippen LogP contribution in [0.4, 0.5) is 11.5 Å². The number of rotatable bonds is 4. The van der Waals surface area contributed by atoms with Gasteiger partial charge in [0, 0.05) is 16.4 Å². The van der Waals surface area contributed by atoms with Crippen LogP contribution in [0.25, 0.3) is 0 Å². The quantitative estimate of drug-likeness (QED) is 0.583. The van der Waals surface area contributed by atoms with Crippen molar-refractivity contribution in [2.75, 3.05) is 10.7 Å². The van der Waals surface area contributed by atoms with E-state index >= 15 is 0 Å². The standard InChI is InChI=1S/C15H17BrN4O/c1-9(2)10-3-5-12(6-4-10)19-15(21)13-7-11(16)8-18-14(13)20-17/h3-9H,17H2,1-2H3,(H,18,20)(H,19,21). The fraction of sp³-hybridized carbons (Fsp3) is 0.200. The number of carbonyl (C=O) groups excluding carboxylic acids is 1. The lowest BCUT2D eigenvalue weighted by atomic mass is 10.0. The number of hydrogen-bond donors (Lipinski definition) is 3. The molecular weight excluding hydrogens is 332 g/mol. The second-order valence-electron chi connectivity index (χ2n) is 4.92. The summed E-state index contributed by atoms with van der Waals surface area (Å²) < 4.78 is 0.710. The maximum absolute atomic E-state index is 12.3. The van der Waals surface area contributed by atoms with E-state index < -0.39 is 0 Å². The number of nitrogens with zero attached hydrogens (tertiary/aromatic N) is 1. The molecule has 4 N–H and O–H groups in total. The molecule has 1 amide bonds. The molecule has 0 aliphatic heterocycles. The van der Waals surface area contributed by atoms with Crippen molar-refractivity contribution in [1.29, 1.82) is 0 Å². The molecule has 0 fully saturated rings. The maximum atomic E-state index is 12.3. The molecule has 0 saturated carbocycles. The van der Waals surface area contributed by atoms with Crippen LogP contribution in [0.1, 0.15) is 35.7 Å². The first-order valence-corrected chi connectivity index (χ1v) is 7.34. The van der Waals surface area contributed by atoms with Crippen molar-refractivity contribution in [2.24, 2.45) is 5.84 Å². The first kappa shape index (κ1) is 15.5. The van der Waals surface area contributed by atoms with Gasteiger partial charge in [-0.1, -0.05) is 26.0 Å². The predicted octanol–water partition coefficient (Wildman–Crippen LogP) is 3.51. The first-order valence-electron chi connectivity index (χ1n) is 6.54. The molecule has 0 radical (unpaired) electrons. The normalized spacial score (nSPS) is 10.5. The van der Waals surface area contributed by atoms with Crippen LogP contribution in [0.15, 0.2) is 41.0 Å². The first-order chi connectivity index (χ1) is 10.0. The average molecular weight is 349 g/mol. The van der Waals surface area contributed by atoms with Gasteiger partial charge in [-0.2, -0.15) is 0 Å². The molecule has 0 spiro atoms. The van der Waals surface area contributed by atoms with Gasteiger partial charge < -0.3 is 10.7 Å². The smallest absolute Gasteiger partial charge is 0.259 e. The molecule has 2 aromatic rings. The minimum absolute atomic E-state index is 0.269. The number of carbonyl (C=O) groups is 1. The van der Waals surface area contributed by atoms with E-state index in [0.29, 0.717) is 21.8 Å². The zero-order chi connectivity index (χ0) is 15.4. The summed E-state index contributed by atoms with van der Waals surface area (Å²) in [5.41, 5.74) is 4.75. The summed E-state index contributed by atoms with van der Waals surface area (Å²) in [4.78, 5) is 16.4. The molecule has 0 aliphatic carbocycles. The van der Waals surface area contributed by atoms with Crippen molar-refractivity contribution in [3.05, 3.63) is 52.1 Å². The van der Waals surface area contributed by atoms with Crippen LogP contribution in [-0.2, 0) is 0 Å². The number of halogens is 1. The maximum Gasteiger partial charge on any atom is 0.259 e. The predicted molar refractivity (Wildman–Crippen MR) is 88.2 cm³/mol. The Morgan fingerprint density at radius 2 is 1.95 bits per heavy atom. The topological polar surface area (TPSA) is 80.0 Å². The van der Waals surface area contributed by atoms with E-state index in [9.17, 15) is 4.79 Å². The minimum atomic E-state index is -0.269. The zero-order valence-electron chi connectivity index (χ0n) is 11.9. The number of hydrazine groups is 1. The van der Waals surface area contributed by atoms with Gasteiger partial charge in [-0.05, 0) is 45.6 Å². The Morgan fingerprint density at radius 3 is 2.52 bits per heavy atom. The summed E-state index contributed by atoms with van der Waals surface area (Å²) in [7, 11) is 0. The summed E-state index contributed by atoms with van der Waals surface area (Å²) in [5.74, 6) is 5.89. The fourth-order valence-corrected chi connectivity index (χ4v) is 2.21. The van der Waals surface area contributed by atoms with Gasteiger partial charge in [-0.15, -0.1) is 0 Å². The molecule has 0 unspecified atom stereocenters. The Hall–Kier alpha value is -1.92. The van der Waals surface area contributed by atoms with E-state index in [4.69, 9.17) is 5.84 Å². The highest BCUT2D eigenvalue weighted by atomic mass is 79.9. The number of nitrogens with two attached hydrogens (primary N) is 1. The van der Waals surface area contributed by atoms with Crippen LogP contribution in [-0.4, -0.2) is 10.9 Å². The third kappa shape index (κ3) is 3.80. The number of pyridine rings is 1. The van der Waals surface area contributed by atoms with Gasteiger partial charge >= 0.3 is 0 Å². The van der Waals surface area contributed by atoms with Gasteiger partial charge in [0.15, 0.2) is 5.82 Å². The molecule has 0 atom stereocenters. The van der Waals surface area contributed by atoms with E-state index in [2.05, 4.69) is 45.5 Å². The van der Waals surface area contributed by atoms with Crippen LogP contribution in [0.2, 0.25) is 0 Å². The molecule has 0 aliphatic rings. The van der Waals surface area contributed by atoms with Crippen molar-refractivity contribution < 1.29 is 4.79 Å². The van der Waals surface area contributed by atoms with Crippen molar-refractivity contribution in [3.63, 3.8) is 0 Å². The highest BCUT2D eigenvalue weighted by Crippen LogP contribution is 2.20. The van der Waals surface area contributed by atoms with E-state index in [1.807, 2.05) is 24.3 Å².